The Balaban J connectivity index is 1.21. The quantitative estimate of drug-likeness (QED) is 0.137. The van der Waals surface area contributed by atoms with Crippen molar-refractivity contribution in [3.05, 3.63) is 260 Å². The third kappa shape index (κ3) is 7.36. The SMILES string of the molecule is CC1(C)c2cc(N(c3ccccc3)c3ccccc3)ccc2N(c2nc(-c3ccccc3)c(-c3ccccc3)nc2-c2ccccc2)c2ccc(N(c3ccccc3)c3ccccc3)cc21. The smallest absolute Gasteiger partial charge is 0.165 e. The van der Waals surface area contributed by atoms with Crippen molar-refractivity contribution >= 4 is 51.3 Å². The third-order valence-corrected chi connectivity index (χ3v) is 12.6. The first-order chi connectivity index (χ1) is 32.5. The maximum absolute atomic E-state index is 5.81. The molecule has 316 valence electrons. The maximum Gasteiger partial charge on any atom is 0.165 e. The molecule has 2 heterocycles. The fourth-order valence-corrected chi connectivity index (χ4v) is 9.39. The lowest BCUT2D eigenvalue weighted by Crippen LogP contribution is -2.32. The first-order valence-corrected chi connectivity index (χ1v) is 22.5. The summed E-state index contributed by atoms with van der Waals surface area (Å²) in [5.74, 6) is 0.754. The second-order valence-corrected chi connectivity index (χ2v) is 17.1. The number of aromatic nitrogens is 2. The van der Waals surface area contributed by atoms with Gasteiger partial charge in [0.25, 0.3) is 0 Å². The minimum absolute atomic E-state index is 0.474. The van der Waals surface area contributed by atoms with Crippen molar-refractivity contribution in [2.45, 2.75) is 19.3 Å². The van der Waals surface area contributed by atoms with Gasteiger partial charge in [0.1, 0.15) is 5.69 Å². The highest BCUT2D eigenvalue weighted by Crippen LogP contribution is 2.56. The zero-order valence-electron chi connectivity index (χ0n) is 36.9. The van der Waals surface area contributed by atoms with Crippen LogP contribution in [0.2, 0.25) is 0 Å². The van der Waals surface area contributed by atoms with Crippen molar-refractivity contribution in [2.24, 2.45) is 0 Å². The van der Waals surface area contributed by atoms with Gasteiger partial charge in [-0.1, -0.05) is 178 Å². The average Bonchev–Trinajstić information content (AvgIpc) is 3.39. The van der Waals surface area contributed by atoms with Gasteiger partial charge in [-0.25, -0.2) is 9.97 Å². The molecule has 0 N–H and O–H groups in total. The Labute approximate surface area is 387 Å². The van der Waals surface area contributed by atoms with Gasteiger partial charge in [0.2, 0.25) is 0 Å². The summed E-state index contributed by atoms with van der Waals surface area (Å²) < 4.78 is 0. The van der Waals surface area contributed by atoms with E-state index in [9.17, 15) is 0 Å². The molecule has 66 heavy (non-hydrogen) atoms. The maximum atomic E-state index is 5.81. The Morgan fingerprint density at radius 3 is 0.970 bits per heavy atom. The van der Waals surface area contributed by atoms with Gasteiger partial charge < -0.3 is 9.80 Å². The lowest BCUT2D eigenvalue weighted by molar-refractivity contribution is 0.631. The third-order valence-electron chi connectivity index (χ3n) is 12.6. The molecular formula is C61H47N5. The minimum atomic E-state index is -0.474. The molecule has 0 aliphatic carbocycles. The van der Waals surface area contributed by atoms with Crippen molar-refractivity contribution in [1.82, 2.24) is 9.97 Å². The van der Waals surface area contributed by atoms with Crippen LogP contribution < -0.4 is 14.7 Å². The van der Waals surface area contributed by atoms with Crippen LogP contribution in [0.1, 0.15) is 25.0 Å². The summed E-state index contributed by atoms with van der Waals surface area (Å²) in [5, 5.41) is 0. The molecule has 1 aliphatic heterocycles. The van der Waals surface area contributed by atoms with Gasteiger partial charge in [0.15, 0.2) is 5.82 Å². The van der Waals surface area contributed by atoms with E-state index in [1.807, 2.05) is 6.07 Å². The van der Waals surface area contributed by atoms with Gasteiger partial charge in [-0.15, -0.1) is 0 Å². The Hall–Kier alpha value is -8.54. The van der Waals surface area contributed by atoms with Crippen LogP contribution in [0.5, 0.6) is 0 Å². The number of rotatable bonds is 10. The molecule has 0 atom stereocenters. The van der Waals surface area contributed by atoms with E-state index in [-0.39, 0.29) is 0 Å². The van der Waals surface area contributed by atoms with Crippen molar-refractivity contribution in [3.8, 4) is 33.8 Å². The van der Waals surface area contributed by atoms with Crippen LogP contribution in [0.15, 0.2) is 249 Å². The van der Waals surface area contributed by atoms with Gasteiger partial charge >= 0.3 is 0 Å². The fourth-order valence-electron chi connectivity index (χ4n) is 9.39. The number of benzene rings is 9. The molecule has 5 heteroatoms. The molecular weight excluding hydrogens is 803 g/mol. The van der Waals surface area contributed by atoms with E-state index < -0.39 is 5.41 Å². The molecule has 9 aromatic carbocycles. The second-order valence-electron chi connectivity index (χ2n) is 17.1. The van der Waals surface area contributed by atoms with Gasteiger partial charge in [-0.3, -0.25) is 4.90 Å². The van der Waals surface area contributed by atoms with E-state index in [0.29, 0.717) is 0 Å². The van der Waals surface area contributed by atoms with Gasteiger partial charge in [0, 0.05) is 56.2 Å². The summed E-state index contributed by atoms with van der Waals surface area (Å²) in [5.41, 5.74) is 15.8. The molecule has 0 unspecified atom stereocenters. The zero-order valence-corrected chi connectivity index (χ0v) is 36.9. The molecule has 0 saturated heterocycles. The van der Waals surface area contributed by atoms with Gasteiger partial charge in [0.05, 0.1) is 22.8 Å². The summed E-state index contributed by atoms with van der Waals surface area (Å²) >= 11 is 0. The van der Waals surface area contributed by atoms with Crippen LogP contribution in [0.25, 0.3) is 33.8 Å². The van der Waals surface area contributed by atoms with Gasteiger partial charge in [-0.2, -0.15) is 0 Å². The standard InChI is InChI=1S/C61H47N5/c1-61(2)53-42-51(64(47-30-16-6-17-31-47)48-32-18-7-19-33-48)38-40-55(53)66(56-41-39-52(43-54(56)61)65(49-34-20-8-21-35-49)50-36-22-9-23-37-50)60-59(46-28-14-5-15-29-46)62-57(44-24-10-3-11-25-44)58(63-60)45-26-12-4-13-27-45/h3-43H,1-2H3. The monoisotopic (exact) mass is 849 g/mol. The van der Waals surface area contributed by atoms with Crippen LogP contribution >= 0.6 is 0 Å². The summed E-state index contributed by atoms with van der Waals surface area (Å²) in [6, 6.07) is 87.7. The van der Waals surface area contributed by atoms with E-state index in [2.05, 4.69) is 271 Å². The number of hydrogen-bond donors (Lipinski definition) is 0. The molecule has 0 fully saturated rings. The minimum Gasteiger partial charge on any atom is -0.310 e. The lowest BCUT2D eigenvalue weighted by atomic mass is 9.73. The van der Waals surface area contributed by atoms with Crippen LogP contribution in [0, 0.1) is 0 Å². The highest BCUT2D eigenvalue weighted by atomic mass is 15.2. The summed E-state index contributed by atoms with van der Waals surface area (Å²) in [7, 11) is 0. The van der Waals surface area contributed by atoms with Gasteiger partial charge in [-0.05, 0) is 96.1 Å². The molecule has 1 aliphatic rings. The van der Waals surface area contributed by atoms with Crippen LogP contribution in [-0.4, -0.2) is 9.97 Å². The largest absolute Gasteiger partial charge is 0.310 e. The highest BCUT2D eigenvalue weighted by molar-refractivity contribution is 5.95. The molecule has 11 rings (SSSR count). The molecule has 5 nitrogen and oxygen atoms in total. The van der Waals surface area contributed by atoms with E-state index in [0.717, 1.165) is 85.1 Å². The average molecular weight is 850 g/mol. The molecule has 0 bridgehead atoms. The van der Waals surface area contributed by atoms with Crippen molar-refractivity contribution in [3.63, 3.8) is 0 Å². The zero-order chi connectivity index (χ0) is 44.5. The van der Waals surface area contributed by atoms with Crippen molar-refractivity contribution in [1.29, 1.82) is 0 Å². The predicted molar refractivity (Wildman–Crippen MR) is 275 cm³/mol. The van der Waals surface area contributed by atoms with Crippen molar-refractivity contribution in [2.75, 3.05) is 14.7 Å². The molecule has 1 aromatic heterocycles. The van der Waals surface area contributed by atoms with Crippen LogP contribution in [0.4, 0.5) is 51.3 Å². The van der Waals surface area contributed by atoms with E-state index in [1.54, 1.807) is 0 Å². The number of nitrogens with zero attached hydrogens (tertiary/aromatic N) is 5. The summed E-state index contributed by atoms with van der Waals surface area (Å²) in [6.45, 7) is 4.72. The predicted octanol–water partition coefficient (Wildman–Crippen LogP) is 16.5. The Bertz CT molecular complexity index is 3040. The number of hydrogen-bond acceptors (Lipinski definition) is 5. The van der Waals surface area contributed by atoms with E-state index >= 15 is 0 Å². The normalized spacial score (nSPS) is 12.5. The topological polar surface area (TPSA) is 35.5 Å². The first-order valence-electron chi connectivity index (χ1n) is 22.5. The highest BCUT2D eigenvalue weighted by Gasteiger charge is 2.40. The fraction of sp³-hybridized carbons (Fsp3) is 0.0492. The Kier molecular flexibility index (Phi) is 10.5. The molecule has 0 amide bonds. The van der Waals surface area contributed by atoms with E-state index in [1.165, 1.54) is 11.1 Å². The van der Waals surface area contributed by atoms with Crippen LogP contribution in [-0.2, 0) is 5.41 Å². The second kappa shape index (κ2) is 17.2. The molecule has 0 radical (unpaired) electrons. The lowest BCUT2D eigenvalue weighted by Gasteiger charge is -2.43. The Morgan fingerprint density at radius 1 is 0.318 bits per heavy atom. The molecule has 0 spiro atoms. The number of anilines is 9. The molecule has 0 saturated carbocycles. The summed E-state index contributed by atoms with van der Waals surface area (Å²) in [4.78, 5) is 18.5. The van der Waals surface area contributed by atoms with Crippen LogP contribution in [0.3, 0.4) is 0 Å². The van der Waals surface area contributed by atoms with E-state index in [4.69, 9.17) is 9.97 Å². The molecule has 10 aromatic rings. The first kappa shape index (κ1) is 40.2. The number of para-hydroxylation sites is 4. The Morgan fingerprint density at radius 2 is 0.621 bits per heavy atom. The van der Waals surface area contributed by atoms with Crippen molar-refractivity contribution < 1.29 is 0 Å². The number of fused-ring (bicyclic) bond motifs is 2. The summed E-state index contributed by atoms with van der Waals surface area (Å²) in [6.07, 6.45) is 0.